The van der Waals surface area contributed by atoms with Crippen molar-refractivity contribution in [2.45, 2.75) is 18.4 Å². The van der Waals surface area contributed by atoms with Gasteiger partial charge < -0.3 is 5.43 Å². The number of hydrogen-bond donors (Lipinski definition) is 4. The lowest BCUT2D eigenvalue weighted by Crippen LogP contribution is -2.23. The second kappa shape index (κ2) is 5.39. The van der Waals surface area contributed by atoms with E-state index in [1.807, 2.05) is 6.92 Å². The molecule has 0 aliphatic carbocycles. The maximum absolute atomic E-state index is 12.0. The summed E-state index contributed by atoms with van der Waals surface area (Å²) in [7, 11) is -3.54. The molecular formula is C11H15N5O2S. The van der Waals surface area contributed by atoms with Crippen molar-refractivity contribution in [3.8, 4) is 0 Å². The fraction of sp³-hybridized carbons (Fsp3) is 0.182. The van der Waals surface area contributed by atoms with E-state index in [9.17, 15) is 8.42 Å². The number of H-pyrrole nitrogens is 1. The fourth-order valence-corrected chi connectivity index (χ4v) is 2.55. The third kappa shape index (κ3) is 3.11. The molecular weight excluding hydrogens is 266 g/mol. The zero-order valence-electron chi connectivity index (χ0n) is 10.3. The Kier molecular flexibility index (Phi) is 3.84. The summed E-state index contributed by atoms with van der Waals surface area (Å²) in [6, 6.07) is 6.16. The van der Waals surface area contributed by atoms with Crippen molar-refractivity contribution in [2.24, 2.45) is 5.84 Å². The summed E-state index contributed by atoms with van der Waals surface area (Å²) in [5, 5.41) is 6.59. The molecule has 0 spiro atoms. The molecule has 1 aromatic carbocycles. The molecule has 0 saturated heterocycles. The lowest BCUT2D eigenvalue weighted by molar-refractivity contribution is 0.581. The predicted molar refractivity (Wildman–Crippen MR) is 71.6 cm³/mol. The van der Waals surface area contributed by atoms with Crippen LogP contribution in [0.1, 0.15) is 11.3 Å². The molecule has 0 saturated carbocycles. The Morgan fingerprint density at radius 3 is 2.53 bits per heavy atom. The molecule has 0 bridgehead atoms. The van der Waals surface area contributed by atoms with E-state index in [-0.39, 0.29) is 11.4 Å². The molecule has 0 atom stereocenters. The Balaban J connectivity index is 2.11. The molecule has 2 rings (SSSR count). The molecule has 102 valence electrons. The average Bonchev–Trinajstić information content (AvgIpc) is 2.82. The molecule has 0 unspecified atom stereocenters. The monoisotopic (exact) mass is 281 g/mol. The lowest BCUT2D eigenvalue weighted by Gasteiger charge is -2.07. The number of aromatic nitrogens is 2. The molecule has 7 nitrogen and oxygen atoms in total. The van der Waals surface area contributed by atoms with E-state index in [1.54, 1.807) is 18.3 Å². The first kappa shape index (κ1) is 13.5. The van der Waals surface area contributed by atoms with Gasteiger partial charge in [-0.25, -0.2) is 13.1 Å². The van der Waals surface area contributed by atoms with Crippen LogP contribution in [-0.4, -0.2) is 18.6 Å². The standard InChI is InChI=1S/C11H15N5O2S/c1-8-9(6-13-16-8)7-14-19(17,18)11-4-2-10(15-12)3-5-11/h2-6,14-15H,7,12H2,1H3,(H,13,16). The van der Waals surface area contributed by atoms with Crippen LogP contribution in [0.3, 0.4) is 0 Å². The third-order valence-electron chi connectivity index (χ3n) is 2.72. The summed E-state index contributed by atoms with van der Waals surface area (Å²) >= 11 is 0. The van der Waals surface area contributed by atoms with E-state index in [4.69, 9.17) is 5.84 Å². The number of nitrogens with one attached hydrogen (secondary N) is 3. The summed E-state index contributed by atoms with van der Waals surface area (Å²) in [6.45, 7) is 2.03. The van der Waals surface area contributed by atoms with Crippen molar-refractivity contribution in [2.75, 3.05) is 5.43 Å². The molecule has 5 N–H and O–H groups in total. The summed E-state index contributed by atoms with van der Waals surface area (Å²) < 4.78 is 26.6. The number of hydrazine groups is 1. The number of hydrogen-bond acceptors (Lipinski definition) is 5. The van der Waals surface area contributed by atoms with E-state index in [2.05, 4.69) is 20.3 Å². The Morgan fingerprint density at radius 1 is 1.32 bits per heavy atom. The number of benzene rings is 1. The van der Waals surface area contributed by atoms with Crippen LogP contribution in [0, 0.1) is 6.92 Å². The number of rotatable bonds is 5. The summed E-state index contributed by atoms with van der Waals surface area (Å²) in [5.41, 5.74) is 4.73. The fourth-order valence-electron chi connectivity index (χ4n) is 1.54. The maximum Gasteiger partial charge on any atom is 0.240 e. The van der Waals surface area contributed by atoms with Gasteiger partial charge in [-0.1, -0.05) is 0 Å². The van der Waals surface area contributed by atoms with E-state index in [0.29, 0.717) is 5.69 Å². The van der Waals surface area contributed by atoms with Gasteiger partial charge in [0.15, 0.2) is 0 Å². The third-order valence-corrected chi connectivity index (χ3v) is 4.14. The van der Waals surface area contributed by atoms with Gasteiger partial charge in [0.05, 0.1) is 11.1 Å². The molecule has 1 aromatic heterocycles. The Morgan fingerprint density at radius 2 is 2.00 bits per heavy atom. The Hall–Kier alpha value is -1.90. The molecule has 0 radical (unpaired) electrons. The van der Waals surface area contributed by atoms with Gasteiger partial charge in [-0.05, 0) is 31.2 Å². The zero-order chi connectivity index (χ0) is 13.9. The number of anilines is 1. The minimum atomic E-state index is -3.54. The van der Waals surface area contributed by atoms with Crippen LogP contribution < -0.4 is 16.0 Å². The number of nitrogen functional groups attached to an aromatic ring is 1. The molecule has 2 aromatic rings. The number of sulfonamides is 1. The van der Waals surface area contributed by atoms with Crippen LogP contribution >= 0.6 is 0 Å². The van der Waals surface area contributed by atoms with Crippen LogP contribution in [0.15, 0.2) is 35.4 Å². The highest BCUT2D eigenvalue weighted by Crippen LogP contribution is 2.13. The average molecular weight is 281 g/mol. The van der Waals surface area contributed by atoms with Crippen LogP contribution in [0.5, 0.6) is 0 Å². The first-order valence-corrected chi connectivity index (χ1v) is 7.06. The van der Waals surface area contributed by atoms with Crippen molar-refractivity contribution in [3.63, 3.8) is 0 Å². The van der Waals surface area contributed by atoms with Crippen LogP contribution in [0.2, 0.25) is 0 Å². The van der Waals surface area contributed by atoms with Crippen molar-refractivity contribution in [1.82, 2.24) is 14.9 Å². The van der Waals surface area contributed by atoms with Gasteiger partial charge in [-0.3, -0.25) is 10.9 Å². The van der Waals surface area contributed by atoms with Gasteiger partial charge in [0.1, 0.15) is 0 Å². The smallest absolute Gasteiger partial charge is 0.240 e. The van der Waals surface area contributed by atoms with E-state index in [0.717, 1.165) is 11.3 Å². The van der Waals surface area contributed by atoms with Gasteiger partial charge in [0, 0.05) is 23.5 Å². The molecule has 0 fully saturated rings. The van der Waals surface area contributed by atoms with Crippen molar-refractivity contribution in [3.05, 3.63) is 41.7 Å². The minimum Gasteiger partial charge on any atom is -0.324 e. The molecule has 8 heteroatoms. The number of aryl methyl sites for hydroxylation is 1. The number of aromatic amines is 1. The van der Waals surface area contributed by atoms with Gasteiger partial charge >= 0.3 is 0 Å². The van der Waals surface area contributed by atoms with Crippen LogP contribution in [0.4, 0.5) is 5.69 Å². The van der Waals surface area contributed by atoms with Gasteiger partial charge in [-0.15, -0.1) is 0 Å². The van der Waals surface area contributed by atoms with Crippen molar-refractivity contribution >= 4 is 15.7 Å². The summed E-state index contributed by atoms with van der Waals surface area (Å²) in [6.07, 6.45) is 1.60. The first-order chi connectivity index (χ1) is 9.03. The van der Waals surface area contributed by atoms with E-state index < -0.39 is 10.0 Å². The first-order valence-electron chi connectivity index (χ1n) is 5.58. The Bertz CT molecular complexity index is 648. The van der Waals surface area contributed by atoms with E-state index in [1.165, 1.54) is 12.1 Å². The Labute approximate surface area is 111 Å². The second-order valence-electron chi connectivity index (χ2n) is 4.01. The van der Waals surface area contributed by atoms with Crippen molar-refractivity contribution < 1.29 is 8.42 Å². The van der Waals surface area contributed by atoms with E-state index >= 15 is 0 Å². The van der Waals surface area contributed by atoms with Crippen LogP contribution in [0.25, 0.3) is 0 Å². The lowest BCUT2D eigenvalue weighted by atomic mass is 10.3. The maximum atomic E-state index is 12.0. The zero-order valence-corrected chi connectivity index (χ0v) is 11.2. The molecule has 0 aliphatic heterocycles. The topological polar surface area (TPSA) is 113 Å². The van der Waals surface area contributed by atoms with Gasteiger partial charge in [0.2, 0.25) is 10.0 Å². The predicted octanol–water partition coefficient (Wildman–Crippen LogP) is 0.482. The summed E-state index contributed by atoms with van der Waals surface area (Å²) in [5.74, 6) is 5.22. The normalized spacial score (nSPS) is 11.5. The molecule has 19 heavy (non-hydrogen) atoms. The molecule has 0 aliphatic rings. The van der Waals surface area contributed by atoms with Gasteiger partial charge in [0.25, 0.3) is 0 Å². The molecule has 1 heterocycles. The second-order valence-corrected chi connectivity index (χ2v) is 5.78. The quantitative estimate of drug-likeness (QED) is 0.470. The largest absolute Gasteiger partial charge is 0.324 e. The van der Waals surface area contributed by atoms with Crippen molar-refractivity contribution in [1.29, 1.82) is 0 Å². The highest BCUT2D eigenvalue weighted by molar-refractivity contribution is 7.89. The highest BCUT2D eigenvalue weighted by Gasteiger charge is 2.14. The highest BCUT2D eigenvalue weighted by atomic mass is 32.2. The SMILES string of the molecule is Cc1[nH]ncc1CNS(=O)(=O)c1ccc(NN)cc1. The minimum absolute atomic E-state index is 0.188. The molecule has 0 amide bonds. The summed E-state index contributed by atoms with van der Waals surface area (Å²) in [4.78, 5) is 0.188. The number of nitrogens with two attached hydrogens (primary N) is 1. The van der Waals surface area contributed by atoms with Gasteiger partial charge in [-0.2, -0.15) is 5.10 Å². The van der Waals surface area contributed by atoms with Crippen LogP contribution in [-0.2, 0) is 16.6 Å². The number of nitrogens with zero attached hydrogens (tertiary/aromatic N) is 1.